The fourth-order valence-corrected chi connectivity index (χ4v) is 3.46. The van der Waals surface area contributed by atoms with Crippen LogP contribution in [0.5, 0.6) is 0 Å². The van der Waals surface area contributed by atoms with Crippen LogP contribution in [0.15, 0.2) is 54.6 Å². The lowest BCUT2D eigenvalue weighted by Gasteiger charge is -2.34. The zero-order valence-corrected chi connectivity index (χ0v) is 21.3. The molecule has 0 aromatic heterocycles. The number of esters is 1. The normalized spacial score (nSPS) is 13.1. The molecular formula is C27H36N2O6. The quantitative estimate of drug-likeness (QED) is 0.382. The van der Waals surface area contributed by atoms with E-state index in [1.807, 2.05) is 54.6 Å². The van der Waals surface area contributed by atoms with E-state index in [-0.39, 0.29) is 12.8 Å². The van der Waals surface area contributed by atoms with Crippen molar-refractivity contribution < 1.29 is 29.0 Å². The minimum Gasteiger partial charge on any atom is -0.480 e. The predicted octanol–water partition coefficient (Wildman–Crippen LogP) is 4.33. The van der Waals surface area contributed by atoms with E-state index in [9.17, 15) is 19.5 Å². The predicted molar refractivity (Wildman–Crippen MR) is 133 cm³/mol. The van der Waals surface area contributed by atoms with Crippen LogP contribution in [0, 0.1) is 0 Å². The van der Waals surface area contributed by atoms with Gasteiger partial charge in [0.2, 0.25) is 0 Å². The average Bonchev–Trinajstić information content (AvgIpc) is 2.79. The molecule has 2 aromatic carbocycles. The number of hydrazine groups is 1. The smallest absolute Gasteiger partial charge is 0.425 e. The molecule has 0 fully saturated rings. The molecule has 0 radical (unpaired) electrons. The molecule has 8 nitrogen and oxygen atoms in total. The second-order valence-electron chi connectivity index (χ2n) is 9.70. The van der Waals surface area contributed by atoms with E-state index in [1.165, 1.54) is 7.11 Å². The number of aliphatic carboxylic acids is 1. The number of hydrogen-bond acceptors (Lipinski definition) is 6. The van der Waals surface area contributed by atoms with Crippen LogP contribution in [-0.2, 0) is 31.9 Å². The standard InChI is InChI=1S/C27H36N2O6/c1-18(2)21-14-12-20(13-15-21)16-22(24(30)31)28-29(26(33)35-27(3,4)5)23(25(32)34-6)17-19-10-8-7-9-11-19/h7-15,18,22-23,28H,16-17H2,1-6H3,(H,30,31)/t22-,23-/m0/s1. The van der Waals surface area contributed by atoms with Crippen molar-refractivity contribution in [2.75, 3.05) is 7.11 Å². The molecule has 2 atom stereocenters. The summed E-state index contributed by atoms with van der Waals surface area (Å²) in [5.41, 5.74) is 4.57. The van der Waals surface area contributed by atoms with Crippen molar-refractivity contribution in [1.82, 2.24) is 10.4 Å². The maximum atomic E-state index is 13.2. The lowest BCUT2D eigenvalue weighted by Crippen LogP contribution is -2.60. The zero-order valence-electron chi connectivity index (χ0n) is 21.3. The Morgan fingerprint density at radius 2 is 1.51 bits per heavy atom. The Morgan fingerprint density at radius 1 is 0.943 bits per heavy atom. The molecule has 2 N–H and O–H groups in total. The highest BCUT2D eigenvalue weighted by atomic mass is 16.6. The molecule has 190 valence electrons. The number of carbonyl (C=O) groups excluding carboxylic acids is 2. The Labute approximate surface area is 207 Å². The van der Waals surface area contributed by atoms with Gasteiger partial charge in [-0.15, -0.1) is 0 Å². The first-order valence-electron chi connectivity index (χ1n) is 11.6. The van der Waals surface area contributed by atoms with Gasteiger partial charge in [-0.2, -0.15) is 0 Å². The molecule has 35 heavy (non-hydrogen) atoms. The summed E-state index contributed by atoms with van der Waals surface area (Å²) in [4.78, 5) is 38.1. The van der Waals surface area contributed by atoms with Gasteiger partial charge in [0, 0.05) is 12.8 Å². The van der Waals surface area contributed by atoms with Crippen molar-refractivity contribution in [3.8, 4) is 0 Å². The van der Waals surface area contributed by atoms with Gasteiger partial charge in [-0.25, -0.2) is 20.0 Å². The van der Waals surface area contributed by atoms with Crippen LogP contribution in [-0.4, -0.2) is 52.9 Å². The number of rotatable bonds is 10. The van der Waals surface area contributed by atoms with E-state index in [2.05, 4.69) is 19.3 Å². The molecule has 0 unspecified atom stereocenters. The number of carboxylic acid groups (broad SMARTS) is 1. The highest BCUT2D eigenvalue weighted by Gasteiger charge is 2.37. The molecule has 0 saturated heterocycles. The summed E-state index contributed by atoms with van der Waals surface area (Å²) in [6, 6.07) is 14.4. The van der Waals surface area contributed by atoms with Crippen LogP contribution in [0.25, 0.3) is 0 Å². The summed E-state index contributed by atoms with van der Waals surface area (Å²) in [5.74, 6) is -1.52. The van der Waals surface area contributed by atoms with Crippen LogP contribution in [0.1, 0.15) is 57.2 Å². The number of methoxy groups -OCH3 is 1. The van der Waals surface area contributed by atoms with E-state index < -0.39 is 35.7 Å². The minimum absolute atomic E-state index is 0.0895. The molecule has 0 saturated carbocycles. The Bertz CT molecular complexity index is 983. The van der Waals surface area contributed by atoms with Crippen molar-refractivity contribution in [3.63, 3.8) is 0 Å². The Kier molecular flexibility index (Phi) is 9.83. The van der Waals surface area contributed by atoms with E-state index in [0.717, 1.165) is 21.7 Å². The second-order valence-corrected chi connectivity index (χ2v) is 9.70. The lowest BCUT2D eigenvalue weighted by molar-refractivity contribution is -0.151. The van der Waals surface area contributed by atoms with Gasteiger partial charge in [0.05, 0.1) is 7.11 Å². The first kappa shape index (κ1) is 27.9. The summed E-state index contributed by atoms with van der Waals surface area (Å²) >= 11 is 0. The van der Waals surface area contributed by atoms with E-state index in [4.69, 9.17) is 9.47 Å². The fraction of sp³-hybridized carbons (Fsp3) is 0.444. The van der Waals surface area contributed by atoms with Crippen LogP contribution in [0.2, 0.25) is 0 Å². The molecule has 8 heteroatoms. The number of carboxylic acids is 1. The molecule has 0 heterocycles. The van der Waals surface area contributed by atoms with Gasteiger partial charge < -0.3 is 14.6 Å². The Morgan fingerprint density at radius 3 is 2.00 bits per heavy atom. The number of nitrogens with one attached hydrogen (secondary N) is 1. The van der Waals surface area contributed by atoms with E-state index >= 15 is 0 Å². The van der Waals surface area contributed by atoms with Crippen LogP contribution in [0.3, 0.4) is 0 Å². The van der Waals surface area contributed by atoms with Gasteiger partial charge >= 0.3 is 18.0 Å². The number of amides is 1. The van der Waals surface area contributed by atoms with Crippen LogP contribution in [0.4, 0.5) is 4.79 Å². The molecule has 0 bridgehead atoms. The number of ether oxygens (including phenoxy) is 2. The topological polar surface area (TPSA) is 105 Å². The molecule has 2 aromatic rings. The Balaban J connectivity index is 2.39. The first-order chi connectivity index (χ1) is 16.4. The SMILES string of the molecule is COC(=O)[C@H](Cc1ccccc1)N(N[C@@H](Cc1ccc(C(C)C)cc1)C(=O)O)C(=O)OC(C)(C)C. The Hall–Kier alpha value is -3.39. The van der Waals surface area contributed by atoms with Crippen molar-refractivity contribution >= 4 is 18.0 Å². The molecule has 2 rings (SSSR count). The van der Waals surface area contributed by atoms with Crippen molar-refractivity contribution in [2.24, 2.45) is 0 Å². The van der Waals surface area contributed by atoms with Gasteiger partial charge in [0.15, 0.2) is 6.04 Å². The number of carbonyl (C=O) groups is 3. The van der Waals surface area contributed by atoms with Gasteiger partial charge in [-0.3, -0.25) is 4.79 Å². The van der Waals surface area contributed by atoms with Crippen molar-refractivity contribution in [2.45, 2.75) is 71.1 Å². The molecule has 0 aliphatic carbocycles. The summed E-state index contributed by atoms with van der Waals surface area (Å²) in [6.45, 7) is 9.24. The summed E-state index contributed by atoms with van der Waals surface area (Å²) in [7, 11) is 1.22. The third-order valence-electron chi connectivity index (χ3n) is 5.33. The fourth-order valence-electron chi connectivity index (χ4n) is 3.46. The maximum Gasteiger partial charge on any atom is 0.425 e. The van der Waals surface area contributed by atoms with Gasteiger partial charge in [-0.05, 0) is 43.4 Å². The number of nitrogens with zero attached hydrogens (tertiary/aromatic N) is 1. The van der Waals surface area contributed by atoms with Gasteiger partial charge in [0.25, 0.3) is 0 Å². The van der Waals surface area contributed by atoms with Crippen LogP contribution >= 0.6 is 0 Å². The third kappa shape index (κ3) is 8.72. The summed E-state index contributed by atoms with van der Waals surface area (Å²) in [6.07, 6.45) is -0.674. The monoisotopic (exact) mass is 484 g/mol. The van der Waals surface area contributed by atoms with Crippen molar-refractivity contribution in [1.29, 1.82) is 0 Å². The lowest BCUT2D eigenvalue weighted by atomic mass is 9.99. The molecular weight excluding hydrogens is 448 g/mol. The highest BCUT2D eigenvalue weighted by molar-refractivity contribution is 5.82. The van der Waals surface area contributed by atoms with Gasteiger partial charge in [0.1, 0.15) is 11.6 Å². The minimum atomic E-state index is -1.20. The van der Waals surface area contributed by atoms with Gasteiger partial charge in [-0.1, -0.05) is 68.4 Å². The average molecular weight is 485 g/mol. The first-order valence-corrected chi connectivity index (χ1v) is 11.6. The summed E-state index contributed by atoms with van der Waals surface area (Å²) in [5, 5.41) is 10.9. The number of hydrogen-bond donors (Lipinski definition) is 2. The zero-order chi connectivity index (χ0) is 26.2. The van der Waals surface area contributed by atoms with E-state index in [1.54, 1.807) is 20.8 Å². The molecule has 1 amide bonds. The molecule has 0 aliphatic heterocycles. The summed E-state index contributed by atoms with van der Waals surface area (Å²) < 4.78 is 10.5. The number of benzene rings is 2. The maximum absolute atomic E-state index is 13.2. The van der Waals surface area contributed by atoms with E-state index in [0.29, 0.717) is 5.92 Å². The van der Waals surface area contributed by atoms with Crippen molar-refractivity contribution in [3.05, 3.63) is 71.3 Å². The van der Waals surface area contributed by atoms with Crippen LogP contribution < -0.4 is 5.43 Å². The molecule has 0 aliphatic rings. The second kappa shape index (κ2) is 12.4. The highest BCUT2D eigenvalue weighted by Crippen LogP contribution is 2.18. The molecule has 0 spiro atoms. The largest absolute Gasteiger partial charge is 0.480 e. The third-order valence-corrected chi connectivity index (χ3v) is 5.33.